The lowest BCUT2D eigenvalue weighted by Crippen LogP contribution is -2.58. The molecule has 0 saturated heterocycles. The molecule has 0 aromatic rings. The van der Waals surface area contributed by atoms with E-state index in [1.165, 1.54) is 38.5 Å². The average Bonchev–Trinajstić information content (AvgIpc) is 2.98. The first kappa shape index (κ1) is 20.7. The fraction of sp³-hybridized carbons (Fsp3) is 0.958. The van der Waals surface area contributed by atoms with E-state index in [9.17, 15) is 15.0 Å². The molecule has 0 spiro atoms. The standard InChI is InChI=1S/C24H40O4/c1-14(19(25)13-21(27)28)16-7-8-17-22-18(9-11-24(16,17)3)23(2)10-5-4-6-15(23)12-20(22)26/h14-20,22,25-26H,4-13H2,1-3H3,(H,27,28)/t14-,15-,16+,17-,18-,19?,20?,22-,23-,24+/m0/s1. The van der Waals surface area contributed by atoms with Crippen molar-refractivity contribution in [1.29, 1.82) is 0 Å². The van der Waals surface area contributed by atoms with Gasteiger partial charge in [-0.3, -0.25) is 4.79 Å². The Labute approximate surface area is 170 Å². The quantitative estimate of drug-likeness (QED) is 0.659. The van der Waals surface area contributed by atoms with Crippen molar-refractivity contribution in [3.63, 3.8) is 0 Å². The van der Waals surface area contributed by atoms with Gasteiger partial charge in [0.2, 0.25) is 0 Å². The number of aliphatic hydroxyl groups excluding tert-OH is 2. The topological polar surface area (TPSA) is 77.8 Å². The molecule has 4 aliphatic rings. The van der Waals surface area contributed by atoms with E-state index < -0.39 is 12.1 Å². The largest absolute Gasteiger partial charge is 0.481 e. The highest BCUT2D eigenvalue weighted by Gasteiger charge is 2.62. The molecule has 4 fully saturated rings. The van der Waals surface area contributed by atoms with Gasteiger partial charge in [-0.25, -0.2) is 0 Å². The van der Waals surface area contributed by atoms with Crippen LogP contribution in [0.3, 0.4) is 0 Å². The van der Waals surface area contributed by atoms with Crippen LogP contribution < -0.4 is 0 Å². The SMILES string of the molecule is C[C@H](C(O)CC(=O)O)[C@H]1CC[C@H]2[C@@H]3C(O)C[C@@H]4CCCC[C@]4(C)[C@H]3CC[C@]12C. The molecule has 3 N–H and O–H groups in total. The van der Waals surface area contributed by atoms with Gasteiger partial charge >= 0.3 is 5.97 Å². The van der Waals surface area contributed by atoms with E-state index in [-0.39, 0.29) is 23.9 Å². The van der Waals surface area contributed by atoms with Crippen LogP contribution in [-0.2, 0) is 4.79 Å². The van der Waals surface area contributed by atoms with E-state index >= 15 is 0 Å². The van der Waals surface area contributed by atoms with Crippen LogP contribution in [0.4, 0.5) is 0 Å². The molecule has 0 aromatic heterocycles. The molecule has 4 rings (SSSR count). The predicted octanol–water partition coefficient (Wildman–Crippen LogP) is 4.48. The fourth-order valence-electron chi connectivity index (χ4n) is 8.79. The summed E-state index contributed by atoms with van der Waals surface area (Å²) in [7, 11) is 0. The van der Waals surface area contributed by atoms with Crippen molar-refractivity contribution in [2.45, 2.75) is 97.2 Å². The summed E-state index contributed by atoms with van der Waals surface area (Å²) in [5.74, 6) is 1.69. The smallest absolute Gasteiger partial charge is 0.305 e. The van der Waals surface area contributed by atoms with E-state index in [4.69, 9.17) is 5.11 Å². The number of rotatable bonds is 4. The number of hydrogen-bond donors (Lipinski definition) is 3. The van der Waals surface area contributed by atoms with E-state index in [1.54, 1.807) is 0 Å². The summed E-state index contributed by atoms with van der Waals surface area (Å²) < 4.78 is 0. The molecule has 4 aliphatic carbocycles. The molecule has 10 atom stereocenters. The average molecular weight is 393 g/mol. The summed E-state index contributed by atoms with van der Waals surface area (Å²) in [5, 5.41) is 30.9. The molecule has 4 heteroatoms. The van der Waals surface area contributed by atoms with Crippen molar-refractivity contribution in [2.75, 3.05) is 0 Å². The van der Waals surface area contributed by atoms with Crippen molar-refractivity contribution >= 4 is 5.97 Å². The maximum Gasteiger partial charge on any atom is 0.305 e. The van der Waals surface area contributed by atoms with Crippen LogP contribution in [0.15, 0.2) is 0 Å². The van der Waals surface area contributed by atoms with Crippen LogP contribution in [0.5, 0.6) is 0 Å². The van der Waals surface area contributed by atoms with Crippen LogP contribution in [0.1, 0.15) is 85.0 Å². The van der Waals surface area contributed by atoms with E-state index in [1.807, 2.05) is 6.92 Å². The van der Waals surface area contributed by atoms with Crippen LogP contribution in [-0.4, -0.2) is 33.5 Å². The highest BCUT2D eigenvalue weighted by molar-refractivity contribution is 5.67. The molecular formula is C24H40O4. The number of fused-ring (bicyclic) bond motifs is 5. The van der Waals surface area contributed by atoms with Gasteiger partial charge in [0.25, 0.3) is 0 Å². The molecule has 0 heterocycles. The first-order valence-corrected chi connectivity index (χ1v) is 11.8. The van der Waals surface area contributed by atoms with Crippen LogP contribution in [0.2, 0.25) is 0 Å². The second-order valence-corrected chi connectivity index (χ2v) is 11.3. The third-order valence-electron chi connectivity index (χ3n) is 10.3. The monoisotopic (exact) mass is 392 g/mol. The van der Waals surface area contributed by atoms with Gasteiger partial charge < -0.3 is 15.3 Å². The zero-order valence-electron chi connectivity index (χ0n) is 17.9. The van der Waals surface area contributed by atoms with Gasteiger partial charge in [-0.1, -0.05) is 33.6 Å². The molecule has 0 bridgehead atoms. The van der Waals surface area contributed by atoms with Gasteiger partial charge in [0, 0.05) is 0 Å². The highest BCUT2D eigenvalue weighted by atomic mass is 16.4. The minimum atomic E-state index is -0.915. The Kier molecular flexibility index (Phi) is 5.36. The van der Waals surface area contributed by atoms with Gasteiger partial charge in [0.1, 0.15) is 0 Å². The summed E-state index contributed by atoms with van der Waals surface area (Å²) in [6.07, 6.45) is 9.71. The molecule has 2 unspecified atom stereocenters. The van der Waals surface area contributed by atoms with Gasteiger partial charge in [0.15, 0.2) is 0 Å². The van der Waals surface area contributed by atoms with E-state index in [0.29, 0.717) is 35.0 Å². The first-order valence-electron chi connectivity index (χ1n) is 11.8. The summed E-state index contributed by atoms with van der Waals surface area (Å²) in [6.45, 7) is 6.96. The minimum Gasteiger partial charge on any atom is -0.481 e. The fourth-order valence-corrected chi connectivity index (χ4v) is 8.79. The molecule has 0 aromatic carbocycles. The van der Waals surface area contributed by atoms with Gasteiger partial charge in [0.05, 0.1) is 18.6 Å². The number of carboxylic acid groups (broad SMARTS) is 1. The lowest BCUT2D eigenvalue weighted by atomic mass is 9.44. The molecule has 0 radical (unpaired) electrons. The van der Waals surface area contributed by atoms with Crippen molar-refractivity contribution in [3.05, 3.63) is 0 Å². The molecule has 0 amide bonds. The summed E-state index contributed by atoms with van der Waals surface area (Å²) in [6, 6.07) is 0. The van der Waals surface area contributed by atoms with Gasteiger partial charge in [-0.2, -0.15) is 0 Å². The van der Waals surface area contributed by atoms with Gasteiger partial charge in [-0.05, 0) is 91.3 Å². The van der Waals surface area contributed by atoms with Crippen molar-refractivity contribution < 1.29 is 20.1 Å². The van der Waals surface area contributed by atoms with Crippen molar-refractivity contribution in [3.8, 4) is 0 Å². The summed E-state index contributed by atoms with van der Waals surface area (Å²) in [4.78, 5) is 11.1. The van der Waals surface area contributed by atoms with Crippen molar-refractivity contribution in [1.82, 2.24) is 0 Å². The third-order valence-corrected chi connectivity index (χ3v) is 10.3. The normalized spacial score (nSPS) is 50.2. The lowest BCUT2D eigenvalue weighted by molar-refractivity contribution is -0.166. The van der Waals surface area contributed by atoms with Crippen LogP contribution in [0, 0.1) is 46.3 Å². The highest BCUT2D eigenvalue weighted by Crippen LogP contribution is 2.68. The zero-order chi connectivity index (χ0) is 20.3. The molecule has 160 valence electrons. The number of carboxylic acids is 1. The van der Waals surface area contributed by atoms with Gasteiger partial charge in [-0.15, -0.1) is 0 Å². The van der Waals surface area contributed by atoms with Crippen molar-refractivity contribution in [2.24, 2.45) is 46.3 Å². The third kappa shape index (κ3) is 3.05. The Bertz CT molecular complexity index is 605. The predicted molar refractivity (Wildman–Crippen MR) is 109 cm³/mol. The summed E-state index contributed by atoms with van der Waals surface area (Å²) in [5.41, 5.74) is 0.523. The van der Waals surface area contributed by atoms with E-state index in [0.717, 1.165) is 19.3 Å². The first-order chi connectivity index (χ1) is 13.2. The molecule has 4 saturated carbocycles. The second kappa shape index (κ2) is 7.27. The Hall–Kier alpha value is -0.610. The van der Waals surface area contributed by atoms with E-state index in [2.05, 4.69) is 13.8 Å². The van der Waals surface area contributed by atoms with Crippen LogP contribution >= 0.6 is 0 Å². The molecule has 28 heavy (non-hydrogen) atoms. The zero-order valence-corrected chi connectivity index (χ0v) is 17.9. The number of carbonyl (C=O) groups is 1. The lowest BCUT2D eigenvalue weighted by Gasteiger charge is -2.62. The number of aliphatic carboxylic acids is 1. The second-order valence-electron chi connectivity index (χ2n) is 11.3. The maximum absolute atomic E-state index is 11.2. The molecular weight excluding hydrogens is 352 g/mol. The Morgan fingerprint density at radius 2 is 1.75 bits per heavy atom. The minimum absolute atomic E-state index is 0.00130. The Morgan fingerprint density at radius 1 is 1.04 bits per heavy atom. The summed E-state index contributed by atoms with van der Waals surface area (Å²) >= 11 is 0. The number of aliphatic hydroxyl groups is 2. The molecule has 0 aliphatic heterocycles. The Morgan fingerprint density at radius 3 is 2.46 bits per heavy atom. The van der Waals surface area contributed by atoms with Crippen LogP contribution in [0.25, 0.3) is 0 Å². The maximum atomic E-state index is 11.2. The Balaban J connectivity index is 1.58. The number of hydrogen-bond acceptors (Lipinski definition) is 3. The molecule has 4 nitrogen and oxygen atoms in total.